The van der Waals surface area contributed by atoms with Crippen LogP contribution in [0.4, 0.5) is 4.79 Å². The van der Waals surface area contributed by atoms with E-state index in [2.05, 4.69) is 10.6 Å². The van der Waals surface area contributed by atoms with Crippen LogP contribution in [0, 0.1) is 5.92 Å². The Balaban J connectivity index is 1.67. The molecule has 0 unspecified atom stereocenters. The van der Waals surface area contributed by atoms with Crippen molar-refractivity contribution in [1.29, 1.82) is 0 Å². The highest BCUT2D eigenvalue weighted by Gasteiger charge is 2.25. The minimum Gasteiger partial charge on any atom is -0.341 e. The summed E-state index contributed by atoms with van der Waals surface area (Å²) in [6.07, 6.45) is 5.56. The molecule has 2 rings (SSSR count). The normalized spacial score (nSPS) is 20.0. The highest BCUT2D eigenvalue weighted by Crippen LogP contribution is 2.28. The Morgan fingerprint density at radius 2 is 1.68 bits per heavy atom. The Morgan fingerprint density at radius 3 is 2.27 bits per heavy atom. The standard InChI is InChI=1S/C15H26N4O3/c1-16-15(22)17-13(20)11-18-6-8-19(9-7-18)14(21)10-12-4-2-3-5-12/h12H,2-11H2,1H3,(H2,16,17,20,22). The zero-order valence-electron chi connectivity index (χ0n) is 13.3. The molecule has 2 aliphatic rings. The van der Waals surface area contributed by atoms with Gasteiger partial charge in [-0.15, -0.1) is 0 Å². The molecule has 1 saturated heterocycles. The number of nitrogens with one attached hydrogen (secondary N) is 2. The van der Waals surface area contributed by atoms with E-state index in [1.807, 2.05) is 9.80 Å². The molecule has 7 heteroatoms. The average molecular weight is 310 g/mol. The smallest absolute Gasteiger partial charge is 0.321 e. The van der Waals surface area contributed by atoms with Gasteiger partial charge < -0.3 is 10.2 Å². The third-order valence-electron chi connectivity index (χ3n) is 4.51. The maximum Gasteiger partial charge on any atom is 0.321 e. The molecule has 124 valence electrons. The van der Waals surface area contributed by atoms with E-state index in [0.717, 1.165) is 0 Å². The SMILES string of the molecule is CNC(=O)NC(=O)CN1CCN(C(=O)CC2CCCC2)CC1. The predicted molar refractivity (Wildman–Crippen MR) is 82.2 cm³/mol. The number of carbonyl (C=O) groups excluding carboxylic acids is 3. The molecule has 0 atom stereocenters. The Morgan fingerprint density at radius 1 is 1.05 bits per heavy atom. The summed E-state index contributed by atoms with van der Waals surface area (Å²) in [6, 6.07) is -0.490. The molecule has 4 amide bonds. The zero-order chi connectivity index (χ0) is 15.9. The monoisotopic (exact) mass is 310 g/mol. The molecule has 2 fully saturated rings. The van der Waals surface area contributed by atoms with E-state index in [0.29, 0.717) is 38.5 Å². The number of rotatable bonds is 4. The largest absolute Gasteiger partial charge is 0.341 e. The summed E-state index contributed by atoms with van der Waals surface area (Å²) < 4.78 is 0. The summed E-state index contributed by atoms with van der Waals surface area (Å²) in [5, 5.41) is 4.60. The van der Waals surface area contributed by atoms with E-state index < -0.39 is 6.03 Å². The van der Waals surface area contributed by atoms with E-state index in [1.54, 1.807) is 0 Å². The van der Waals surface area contributed by atoms with Crippen LogP contribution in [0.25, 0.3) is 0 Å². The van der Waals surface area contributed by atoms with E-state index >= 15 is 0 Å². The maximum absolute atomic E-state index is 12.2. The fourth-order valence-electron chi connectivity index (χ4n) is 3.18. The Kier molecular flexibility index (Phi) is 6.18. The van der Waals surface area contributed by atoms with Crippen LogP contribution in [0.5, 0.6) is 0 Å². The van der Waals surface area contributed by atoms with Gasteiger partial charge in [-0.25, -0.2) is 4.79 Å². The highest BCUT2D eigenvalue weighted by molar-refractivity contribution is 5.95. The summed E-state index contributed by atoms with van der Waals surface area (Å²) in [5.74, 6) is 0.510. The third-order valence-corrected chi connectivity index (χ3v) is 4.51. The number of hydrogen-bond donors (Lipinski definition) is 2. The lowest BCUT2D eigenvalue weighted by Gasteiger charge is -2.34. The second-order valence-corrected chi connectivity index (χ2v) is 6.14. The number of piperazine rings is 1. The third kappa shape index (κ3) is 4.98. The second kappa shape index (κ2) is 8.12. The van der Waals surface area contributed by atoms with Crippen LogP contribution in [0.2, 0.25) is 0 Å². The molecule has 7 nitrogen and oxygen atoms in total. The molecule has 0 aromatic carbocycles. The van der Waals surface area contributed by atoms with Crippen LogP contribution in [-0.2, 0) is 9.59 Å². The van der Waals surface area contributed by atoms with Gasteiger partial charge in [-0.05, 0) is 18.8 Å². The van der Waals surface area contributed by atoms with Crippen molar-refractivity contribution >= 4 is 17.8 Å². The van der Waals surface area contributed by atoms with Crippen molar-refractivity contribution in [3.05, 3.63) is 0 Å². The van der Waals surface area contributed by atoms with E-state index in [9.17, 15) is 14.4 Å². The highest BCUT2D eigenvalue weighted by atomic mass is 16.2. The van der Waals surface area contributed by atoms with Crippen LogP contribution in [-0.4, -0.2) is 67.4 Å². The average Bonchev–Trinajstić information content (AvgIpc) is 3.00. The molecule has 22 heavy (non-hydrogen) atoms. The Hall–Kier alpha value is -1.63. The molecule has 0 radical (unpaired) electrons. The van der Waals surface area contributed by atoms with Crippen LogP contribution in [0.3, 0.4) is 0 Å². The molecular weight excluding hydrogens is 284 g/mol. The molecule has 1 heterocycles. The Labute approximate surface area is 131 Å². The van der Waals surface area contributed by atoms with Gasteiger partial charge >= 0.3 is 6.03 Å². The lowest BCUT2D eigenvalue weighted by atomic mass is 10.0. The molecule has 0 aromatic heterocycles. The number of amides is 4. The van der Waals surface area contributed by atoms with Gasteiger partial charge in [-0.2, -0.15) is 0 Å². The van der Waals surface area contributed by atoms with Crippen molar-refractivity contribution in [3.8, 4) is 0 Å². The Bertz CT molecular complexity index is 413. The van der Waals surface area contributed by atoms with Gasteiger partial charge in [-0.3, -0.25) is 19.8 Å². The van der Waals surface area contributed by atoms with Crippen molar-refractivity contribution in [3.63, 3.8) is 0 Å². The van der Waals surface area contributed by atoms with Crippen molar-refractivity contribution in [1.82, 2.24) is 20.4 Å². The molecule has 0 bridgehead atoms. The topological polar surface area (TPSA) is 81.8 Å². The summed E-state index contributed by atoms with van der Waals surface area (Å²) in [7, 11) is 1.47. The predicted octanol–water partition coefficient (Wildman–Crippen LogP) is 0.167. The molecular formula is C15H26N4O3. The first-order valence-electron chi connectivity index (χ1n) is 8.10. The van der Waals surface area contributed by atoms with Gasteiger partial charge in [-0.1, -0.05) is 12.8 Å². The zero-order valence-corrected chi connectivity index (χ0v) is 13.3. The summed E-state index contributed by atoms with van der Waals surface area (Å²) >= 11 is 0. The van der Waals surface area contributed by atoms with Gasteiger partial charge in [0.2, 0.25) is 11.8 Å². The number of hydrogen-bond acceptors (Lipinski definition) is 4. The van der Waals surface area contributed by atoms with Crippen molar-refractivity contribution in [2.75, 3.05) is 39.8 Å². The van der Waals surface area contributed by atoms with Gasteiger partial charge in [0.15, 0.2) is 0 Å². The first-order chi connectivity index (χ1) is 10.6. The number of urea groups is 1. The first-order valence-corrected chi connectivity index (χ1v) is 8.10. The molecule has 1 saturated carbocycles. The van der Waals surface area contributed by atoms with E-state index in [1.165, 1.54) is 32.7 Å². The second-order valence-electron chi connectivity index (χ2n) is 6.14. The van der Waals surface area contributed by atoms with Crippen molar-refractivity contribution in [2.45, 2.75) is 32.1 Å². The minimum absolute atomic E-state index is 0.193. The van der Waals surface area contributed by atoms with E-state index in [4.69, 9.17) is 0 Å². The number of carbonyl (C=O) groups is 3. The van der Waals surface area contributed by atoms with Crippen LogP contribution >= 0.6 is 0 Å². The van der Waals surface area contributed by atoms with Gasteiger partial charge in [0, 0.05) is 39.6 Å². The number of nitrogens with zero attached hydrogens (tertiary/aromatic N) is 2. The molecule has 2 N–H and O–H groups in total. The van der Waals surface area contributed by atoms with Gasteiger partial charge in [0.25, 0.3) is 0 Å². The van der Waals surface area contributed by atoms with E-state index in [-0.39, 0.29) is 18.4 Å². The summed E-state index contributed by atoms with van der Waals surface area (Å²) in [5.41, 5.74) is 0. The fourth-order valence-corrected chi connectivity index (χ4v) is 3.18. The van der Waals surface area contributed by atoms with Crippen LogP contribution < -0.4 is 10.6 Å². The fraction of sp³-hybridized carbons (Fsp3) is 0.800. The van der Waals surface area contributed by atoms with Gasteiger partial charge in [0.1, 0.15) is 0 Å². The lowest BCUT2D eigenvalue weighted by Crippen LogP contribution is -2.52. The summed E-state index contributed by atoms with van der Waals surface area (Å²) in [6.45, 7) is 2.88. The minimum atomic E-state index is -0.490. The molecule has 0 aromatic rings. The lowest BCUT2D eigenvalue weighted by molar-refractivity contribution is -0.134. The summed E-state index contributed by atoms with van der Waals surface area (Å²) in [4.78, 5) is 38.8. The quantitative estimate of drug-likeness (QED) is 0.775. The number of imide groups is 1. The van der Waals surface area contributed by atoms with Crippen molar-refractivity contribution in [2.24, 2.45) is 5.92 Å². The van der Waals surface area contributed by atoms with Crippen LogP contribution in [0.15, 0.2) is 0 Å². The van der Waals surface area contributed by atoms with Crippen LogP contribution in [0.1, 0.15) is 32.1 Å². The molecule has 1 aliphatic carbocycles. The first kappa shape index (κ1) is 16.7. The molecule has 0 spiro atoms. The van der Waals surface area contributed by atoms with Gasteiger partial charge in [0.05, 0.1) is 6.54 Å². The van der Waals surface area contributed by atoms with Crippen molar-refractivity contribution < 1.29 is 14.4 Å². The maximum atomic E-state index is 12.2. The molecule has 1 aliphatic heterocycles.